The highest BCUT2D eigenvalue weighted by atomic mass is 35.5. The smallest absolute Gasteiger partial charge is 0.164 e. The topological polar surface area (TPSA) is 50.7 Å². The Morgan fingerprint density at radius 3 is 2.76 bits per heavy atom. The van der Waals surface area contributed by atoms with Crippen LogP contribution in [0.25, 0.3) is 10.6 Å². The van der Waals surface area contributed by atoms with Gasteiger partial charge in [0, 0.05) is 18.0 Å². The molecule has 0 aliphatic carbocycles. The summed E-state index contributed by atoms with van der Waals surface area (Å²) in [7, 11) is 0. The first-order chi connectivity index (χ1) is 7.81. The van der Waals surface area contributed by atoms with Gasteiger partial charge in [0.1, 0.15) is 16.3 Å². The van der Waals surface area contributed by atoms with Crippen LogP contribution in [0.2, 0.25) is 5.15 Å². The Balaban J connectivity index is 0.00000144. The molecule has 0 saturated carbocycles. The Morgan fingerprint density at radius 2 is 2.12 bits per heavy atom. The van der Waals surface area contributed by atoms with Crippen molar-refractivity contribution in [3.8, 4) is 22.9 Å². The van der Waals surface area contributed by atoms with Crippen molar-refractivity contribution in [1.82, 2.24) is 15.0 Å². The number of terminal acetylenes is 1. The third-order valence-electron chi connectivity index (χ3n) is 1.74. The molecule has 17 heavy (non-hydrogen) atoms. The molecule has 0 atom stereocenters. The molecule has 88 valence electrons. The fourth-order valence-electron chi connectivity index (χ4n) is 1.07. The zero-order chi connectivity index (χ0) is 11.4. The predicted molar refractivity (Wildman–Crippen MR) is 72.7 cm³/mol. The van der Waals surface area contributed by atoms with Gasteiger partial charge in [0.2, 0.25) is 0 Å². The van der Waals surface area contributed by atoms with Crippen LogP contribution >= 0.6 is 35.3 Å². The SMILES string of the molecule is C#CCNc1sc(-c2cncnc2)nc1Cl.Cl. The van der Waals surface area contributed by atoms with Crippen molar-refractivity contribution in [3.63, 3.8) is 0 Å². The summed E-state index contributed by atoms with van der Waals surface area (Å²) in [5.41, 5.74) is 0.836. The van der Waals surface area contributed by atoms with E-state index in [0.29, 0.717) is 11.7 Å². The van der Waals surface area contributed by atoms with Gasteiger partial charge in [0.05, 0.1) is 6.54 Å². The monoisotopic (exact) mass is 286 g/mol. The molecule has 0 radical (unpaired) electrons. The van der Waals surface area contributed by atoms with Crippen molar-refractivity contribution in [3.05, 3.63) is 23.9 Å². The van der Waals surface area contributed by atoms with Crippen molar-refractivity contribution in [2.24, 2.45) is 0 Å². The molecule has 0 bridgehead atoms. The van der Waals surface area contributed by atoms with Crippen LogP contribution in [0.3, 0.4) is 0 Å². The average Bonchev–Trinajstić information content (AvgIpc) is 2.69. The van der Waals surface area contributed by atoms with E-state index in [1.807, 2.05) is 0 Å². The zero-order valence-corrected chi connectivity index (χ0v) is 10.9. The van der Waals surface area contributed by atoms with Crippen LogP contribution in [0.15, 0.2) is 18.7 Å². The van der Waals surface area contributed by atoms with Crippen molar-refractivity contribution in [1.29, 1.82) is 0 Å². The molecule has 2 aromatic heterocycles. The quantitative estimate of drug-likeness (QED) is 0.882. The third-order valence-corrected chi connectivity index (χ3v) is 3.19. The summed E-state index contributed by atoms with van der Waals surface area (Å²) >= 11 is 7.38. The van der Waals surface area contributed by atoms with Gasteiger partial charge in [0.15, 0.2) is 5.15 Å². The number of thiazole rings is 1. The Labute approximate surface area is 114 Å². The molecule has 0 unspecified atom stereocenters. The minimum absolute atomic E-state index is 0. The molecule has 7 heteroatoms. The lowest BCUT2D eigenvalue weighted by Crippen LogP contribution is -1.95. The molecular weight excluding hydrogens is 279 g/mol. The van der Waals surface area contributed by atoms with Gasteiger partial charge >= 0.3 is 0 Å². The molecule has 0 spiro atoms. The van der Waals surface area contributed by atoms with E-state index in [1.54, 1.807) is 12.4 Å². The lowest BCUT2D eigenvalue weighted by atomic mass is 10.4. The predicted octanol–water partition coefficient (Wildman–Crippen LogP) is 2.72. The molecule has 0 amide bonds. The first-order valence-electron chi connectivity index (χ1n) is 4.40. The van der Waals surface area contributed by atoms with Crippen LogP contribution in [0.1, 0.15) is 0 Å². The minimum Gasteiger partial charge on any atom is -0.363 e. The molecule has 0 fully saturated rings. The summed E-state index contributed by atoms with van der Waals surface area (Å²) in [5.74, 6) is 2.48. The van der Waals surface area contributed by atoms with Crippen LogP contribution in [-0.4, -0.2) is 21.5 Å². The van der Waals surface area contributed by atoms with E-state index >= 15 is 0 Å². The van der Waals surface area contributed by atoms with E-state index in [9.17, 15) is 0 Å². The van der Waals surface area contributed by atoms with E-state index < -0.39 is 0 Å². The van der Waals surface area contributed by atoms with Gasteiger partial charge in [-0.25, -0.2) is 15.0 Å². The average molecular weight is 287 g/mol. The van der Waals surface area contributed by atoms with Gasteiger partial charge in [-0.1, -0.05) is 28.9 Å². The van der Waals surface area contributed by atoms with Crippen LogP contribution < -0.4 is 5.32 Å². The lowest BCUT2D eigenvalue weighted by molar-refractivity contribution is 1.17. The van der Waals surface area contributed by atoms with Crippen molar-refractivity contribution in [2.75, 3.05) is 11.9 Å². The van der Waals surface area contributed by atoms with Crippen molar-refractivity contribution in [2.45, 2.75) is 0 Å². The standard InChI is InChI=1S/C10H7ClN4S.ClH/c1-2-3-14-10-8(11)15-9(16-10)7-4-12-6-13-5-7;/h1,4-6,14H,3H2;1H. The first kappa shape index (κ1) is 13.7. The van der Waals surface area contributed by atoms with Crippen LogP contribution in [0.5, 0.6) is 0 Å². The highest BCUT2D eigenvalue weighted by molar-refractivity contribution is 7.19. The highest BCUT2D eigenvalue weighted by Gasteiger charge is 2.10. The second kappa shape index (κ2) is 6.40. The molecule has 0 aromatic carbocycles. The summed E-state index contributed by atoms with van der Waals surface area (Å²) < 4.78 is 0. The van der Waals surface area contributed by atoms with E-state index in [-0.39, 0.29) is 12.4 Å². The second-order valence-electron chi connectivity index (χ2n) is 2.82. The fourth-order valence-corrected chi connectivity index (χ4v) is 2.22. The Kier molecular flexibility index (Phi) is 5.16. The van der Waals surface area contributed by atoms with Gasteiger partial charge < -0.3 is 5.32 Å². The number of rotatable bonds is 3. The Hall–Kier alpha value is -1.35. The maximum atomic E-state index is 5.96. The first-order valence-corrected chi connectivity index (χ1v) is 5.59. The van der Waals surface area contributed by atoms with Crippen molar-refractivity contribution < 1.29 is 0 Å². The molecule has 4 nitrogen and oxygen atoms in total. The summed E-state index contributed by atoms with van der Waals surface area (Å²) in [6.45, 7) is 0.423. The summed E-state index contributed by atoms with van der Waals surface area (Å²) in [6.07, 6.45) is 10.00. The van der Waals surface area contributed by atoms with Gasteiger partial charge in [-0.2, -0.15) is 0 Å². The van der Waals surface area contributed by atoms with E-state index in [0.717, 1.165) is 15.6 Å². The Bertz CT molecular complexity index is 521. The van der Waals surface area contributed by atoms with Crippen LogP contribution in [0.4, 0.5) is 5.00 Å². The number of nitrogens with zero attached hydrogens (tertiary/aromatic N) is 3. The van der Waals surface area contributed by atoms with Crippen LogP contribution in [-0.2, 0) is 0 Å². The molecule has 0 aliphatic heterocycles. The molecule has 0 aliphatic rings. The number of halogens is 2. The molecule has 0 saturated heterocycles. The summed E-state index contributed by atoms with van der Waals surface area (Å²) in [4.78, 5) is 12.1. The van der Waals surface area contributed by atoms with Gasteiger partial charge in [-0.05, 0) is 0 Å². The minimum atomic E-state index is 0. The fraction of sp³-hybridized carbons (Fsp3) is 0.100. The van der Waals surface area contributed by atoms with E-state index in [1.165, 1.54) is 17.7 Å². The molecule has 2 aromatic rings. The normalized spacial score (nSPS) is 9.18. The van der Waals surface area contributed by atoms with Gasteiger partial charge in [-0.3, -0.25) is 0 Å². The van der Waals surface area contributed by atoms with E-state index in [4.69, 9.17) is 18.0 Å². The zero-order valence-electron chi connectivity index (χ0n) is 8.55. The summed E-state index contributed by atoms with van der Waals surface area (Å²) in [5, 5.41) is 4.95. The molecule has 1 N–H and O–H groups in total. The van der Waals surface area contributed by atoms with Gasteiger partial charge in [-0.15, -0.1) is 18.8 Å². The maximum Gasteiger partial charge on any atom is 0.164 e. The number of anilines is 1. The van der Waals surface area contributed by atoms with Crippen LogP contribution in [0, 0.1) is 12.3 Å². The highest BCUT2D eigenvalue weighted by Crippen LogP contribution is 2.34. The van der Waals surface area contributed by atoms with E-state index in [2.05, 4.69) is 26.2 Å². The molecular formula is C10H8Cl2N4S. The second-order valence-corrected chi connectivity index (χ2v) is 4.18. The largest absolute Gasteiger partial charge is 0.363 e. The lowest BCUT2D eigenvalue weighted by Gasteiger charge is -1.95. The number of nitrogens with one attached hydrogen (secondary N) is 1. The Morgan fingerprint density at radius 1 is 1.41 bits per heavy atom. The molecule has 2 rings (SSSR count). The summed E-state index contributed by atoms with van der Waals surface area (Å²) in [6, 6.07) is 0. The number of aromatic nitrogens is 3. The molecule has 2 heterocycles. The van der Waals surface area contributed by atoms with Gasteiger partial charge in [0.25, 0.3) is 0 Å². The maximum absolute atomic E-state index is 5.96. The number of hydrogen-bond acceptors (Lipinski definition) is 5. The third kappa shape index (κ3) is 3.30. The van der Waals surface area contributed by atoms with Crippen molar-refractivity contribution >= 4 is 40.3 Å². The number of hydrogen-bond donors (Lipinski definition) is 1.